The highest BCUT2D eigenvalue weighted by Crippen LogP contribution is 2.50. The largest absolute Gasteiger partial charge is 0.481 e. The molecule has 3 aromatic heterocycles. The second-order valence-corrected chi connectivity index (χ2v) is 11.8. The first-order valence-corrected chi connectivity index (χ1v) is 14.0. The van der Waals surface area contributed by atoms with Crippen molar-refractivity contribution in [3.8, 4) is 20.9 Å². The Morgan fingerprint density at radius 3 is 2.33 bits per heavy atom. The van der Waals surface area contributed by atoms with Crippen molar-refractivity contribution in [2.75, 3.05) is 5.32 Å². The van der Waals surface area contributed by atoms with Gasteiger partial charge in [0.2, 0.25) is 0 Å². The average molecular weight is 562 g/mol. The van der Waals surface area contributed by atoms with Gasteiger partial charge in [0.15, 0.2) is 0 Å². The number of nitrogens with one attached hydrogen (secondary N) is 1. The lowest BCUT2D eigenvalue weighted by Crippen LogP contribution is -2.19. The Kier molecular flexibility index (Phi) is 6.23. The van der Waals surface area contributed by atoms with Gasteiger partial charge in [-0.1, -0.05) is 42.5 Å². The van der Waals surface area contributed by atoms with Crippen LogP contribution in [0.5, 0.6) is 0 Å². The van der Waals surface area contributed by atoms with Crippen molar-refractivity contribution in [3.05, 3.63) is 83.8 Å². The van der Waals surface area contributed by atoms with E-state index in [-0.39, 0.29) is 0 Å². The maximum atomic E-state index is 15.1. The summed E-state index contributed by atoms with van der Waals surface area (Å²) < 4.78 is 24.2. The number of nitrogens with zero attached hydrogens (tertiary/aromatic N) is 2. The fraction of sp³-hybridized carbons (Fsp3) is 0.207. The molecule has 7 nitrogen and oxygen atoms in total. The minimum atomic E-state index is -0.939. The van der Waals surface area contributed by atoms with Gasteiger partial charge in [0.05, 0.1) is 17.2 Å². The Labute approximate surface area is 231 Å². The number of hydrogen-bond donors (Lipinski definition) is 2. The van der Waals surface area contributed by atoms with Crippen LogP contribution >= 0.6 is 22.7 Å². The maximum absolute atomic E-state index is 15.1. The SMILES string of the molecule is CC(OC(=O)Nc1c(-c2cc3sc(-c4ccc(C5(C(=O)O)CC5)cc4F)cc3s2)cnn1C)c1ccccc1. The van der Waals surface area contributed by atoms with Crippen molar-refractivity contribution in [1.29, 1.82) is 0 Å². The first-order chi connectivity index (χ1) is 18.7. The molecule has 5 aromatic rings. The van der Waals surface area contributed by atoms with Gasteiger partial charge in [-0.05, 0) is 49.1 Å². The number of carboxylic acids is 1. The summed E-state index contributed by atoms with van der Waals surface area (Å²) >= 11 is 2.99. The van der Waals surface area contributed by atoms with Gasteiger partial charge in [-0.2, -0.15) is 5.10 Å². The van der Waals surface area contributed by atoms with Crippen molar-refractivity contribution < 1.29 is 23.8 Å². The van der Waals surface area contributed by atoms with Crippen LogP contribution in [0.3, 0.4) is 0 Å². The molecule has 1 aliphatic rings. The lowest BCUT2D eigenvalue weighted by atomic mass is 9.94. The normalized spacial score (nSPS) is 14.7. The number of aromatic nitrogens is 2. The number of aryl methyl sites for hydroxylation is 1. The number of benzene rings is 2. The molecule has 0 spiro atoms. The molecule has 0 bridgehead atoms. The highest BCUT2D eigenvalue weighted by atomic mass is 32.1. The molecule has 1 unspecified atom stereocenters. The van der Waals surface area contributed by atoms with Crippen molar-refractivity contribution in [1.82, 2.24) is 9.78 Å². The summed E-state index contributed by atoms with van der Waals surface area (Å²) in [5, 5.41) is 16.7. The third kappa shape index (κ3) is 4.59. The Bertz CT molecular complexity index is 1690. The van der Waals surface area contributed by atoms with Crippen molar-refractivity contribution in [2.24, 2.45) is 7.05 Å². The number of halogens is 1. The van der Waals surface area contributed by atoms with Crippen LogP contribution in [0.2, 0.25) is 0 Å². The van der Waals surface area contributed by atoms with E-state index in [9.17, 15) is 14.7 Å². The summed E-state index contributed by atoms with van der Waals surface area (Å²) in [6, 6.07) is 18.2. The number of thiophene rings is 2. The molecule has 1 atom stereocenters. The van der Waals surface area contributed by atoms with Crippen LogP contribution in [0.25, 0.3) is 30.3 Å². The van der Waals surface area contributed by atoms with E-state index in [4.69, 9.17) is 4.74 Å². The number of amides is 1. The molecule has 1 saturated carbocycles. The quantitative estimate of drug-likeness (QED) is 0.213. The van der Waals surface area contributed by atoms with E-state index >= 15 is 4.39 Å². The molecule has 1 fully saturated rings. The predicted octanol–water partition coefficient (Wildman–Crippen LogP) is 7.60. The number of fused-ring (bicyclic) bond motifs is 1. The Morgan fingerprint density at radius 1 is 1.05 bits per heavy atom. The predicted molar refractivity (Wildman–Crippen MR) is 151 cm³/mol. The minimum absolute atomic E-state index is 0.415. The van der Waals surface area contributed by atoms with Gasteiger partial charge in [0.1, 0.15) is 17.7 Å². The number of hydrogen-bond acceptors (Lipinski definition) is 6. The van der Waals surface area contributed by atoms with Gasteiger partial charge in [-0.15, -0.1) is 22.7 Å². The van der Waals surface area contributed by atoms with Crippen LogP contribution < -0.4 is 5.32 Å². The fourth-order valence-corrected chi connectivity index (χ4v) is 7.14. The number of rotatable bonds is 7. The molecule has 0 radical (unpaired) electrons. The van der Waals surface area contributed by atoms with Crippen molar-refractivity contribution in [2.45, 2.75) is 31.3 Å². The number of carboxylic acid groups (broad SMARTS) is 1. The van der Waals surface area contributed by atoms with E-state index in [1.54, 1.807) is 30.1 Å². The smallest absolute Gasteiger partial charge is 0.413 e. The van der Waals surface area contributed by atoms with E-state index in [1.807, 2.05) is 49.4 Å². The number of carbonyl (C=O) groups is 2. The summed E-state index contributed by atoms with van der Waals surface area (Å²) in [4.78, 5) is 26.0. The van der Waals surface area contributed by atoms with Crippen LogP contribution in [0.15, 0.2) is 66.9 Å². The van der Waals surface area contributed by atoms with Crippen LogP contribution in [-0.4, -0.2) is 26.9 Å². The second-order valence-electron chi connectivity index (χ2n) is 9.65. The average Bonchev–Trinajstić information content (AvgIpc) is 3.35. The van der Waals surface area contributed by atoms with Crippen LogP contribution in [0, 0.1) is 5.82 Å². The van der Waals surface area contributed by atoms with Crippen molar-refractivity contribution >= 4 is 50.0 Å². The lowest BCUT2D eigenvalue weighted by Gasteiger charge is -2.14. The molecule has 2 N–H and O–H groups in total. The summed E-state index contributed by atoms with van der Waals surface area (Å²) in [6.45, 7) is 1.82. The molecular formula is C29H24FN3O4S2. The molecular weight excluding hydrogens is 537 g/mol. The molecule has 1 aliphatic carbocycles. The second kappa shape index (κ2) is 9.62. The molecule has 10 heteroatoms. The molecule has 2 aromatic carbocycles. The monoisotopic (exact) mass is 561 g/mol. The lowest BCUT2D eigenvalue weighted by molar-refractivity contribution is -0.140. The summed E-state index contributed by atoms with van der Waals surface area (Å²) in [5.74, 6) is -0.804. The van der Waals surface area contributed by atoms with Gasteiger partial charge in [-0.25, -0.2) is 9.18 Å². The first-order valence-electron chi connectivity index (χ1n) is 12.4. The molecule has 0 saturated heterocycles. The molecule has 0 aliphatic heterocycles. The first kappa shape index (κ1) is 25.3. The summed E-state index contributed by atoms with van der Waals surface area (Å²) in [5.41, 5.74) is 1.69. The third-order valence-electron chi connectivity index (χ3n) is 7.13. The topological polar surface area (TPSA) is 93.4 Å². The molecule has 3 heterocycles. The summed E-state index contributed by atoms with van der Waals surface area (Å²) in [6.07, 6.45) is 1.77. The van der Waals surface area contributed by atoms with Crippen LogP contribution in [0.4, 0.5) is 15.0 Å². The van der Waals surface area contributed by atoms with E-state index in [0.29, 0.717) is 29.8 Å². The molecule has 39 heavy (non-hydrogen) atoms. The number of ether oxygens (including phenoxy) is 1. The van der Waals surface area contributed by atoms with Gasteiger partial charge < -0.3 is 9.84 Å². The van der Waals surface area contributed by atoms with Crippen LogP contribution in [0.1, 0.15) is 37.0 Å². The zero-order valence-electron chi connectivity index (χ0n) is 21.1. The van der Waals surface area contributed by atoms with Gasteiger partial charge in [-0.3, -0.25) is 14.8 Å². The molecule has 1 amide bonds. The third-order valence-corrected chi connectivity index (χ3v) is 9.49. The van der Waals surface area contributed by atoms with Gasteiger partial charge >= 0.3 is 12.1 Å². The van der Waals surface area contributed by atoms with E-state index < -0.39 is 29.4 Å². The van der Waals surface area contributed by atoms with E-state index in [1.165, 1.54) is 28.7 Å². The number of carbonyl (C=O) groups excluding carboxylic acids is 1. The summed E-state index contributed by atoms with van der Waals surface area (Å²) in [7, 11) is 1.75. The highest BCUT2D eigenvalue weighted by Gasteiger charge is 2.51. The fourth-order valence-electron chi connectivity index (χ4n) is 4.71. The van der Waals surface area contributed by atoms with Gasteiger partial charge in [0.25, 0.3) is 0 Å². The highest BCUT2D eigenvalue weighted by molar-refractivity contribution is 7.31. The van der Waals surface area contributed by atoms with Gasteiger partial charge in [0, 0.05) is 31.8 Å². The number of aliphatic carboxylic acids is 1. The van der Waals surface area contributed by atoms with Crippen LogP contribution in [-0.2, 0) is 22.0 Å². The molecule has 198 valence electrons. The number of anilines is 1. The van der Waals surface area contributed by atoms with Crippen molar-refractivity contribution in [3.63, 3.8) is 0 Å². The zero-order valence-corrected chi connectivity index (χ0v) is 22.7. The Hall–Kier alpha value is -4.02. The standard InChI is InChI=1S/C29H24FN3O4S2/c1-16(17-6-4-3-5-7-17)37-28(36)32-26-20(15-31-33(26)2)23-14-25-24(39-23)13-22(38-25)19-9-8-18(12-21(19)30)29(10-11-29)27(34)35/h3-9,12-16H,10-11H2,1-2H3,(H,32,36)(H,34,35). The molecule has 6 rings (SSSR count). The zero-order chi connectivity index (χ0) is 27.3. The van der Waals surface area contributed by atoms with E-state index in [2.05, 4.69) is 10.4 Å². The maximum Gasteiger partial charge on any atom is 0.413 e. The minimum Gasteiger partial charge on any atom is -0.481 e. The Balaban J connectivity index is 1.22. The van der Waals surface area contributed by atoms with E-state index in [0.717, 1.165) is 30.3 Å². The Morgan fingerprint density at radius 2 is 1.72 bits per heavy atom.